The average molecular weight is 244 g/mol. The maximum absolute atomic E-state index is 10.7. The van der Waals surface area contributed by atoms with Crippen LogP contribution >= 0.6 is 0 Å². The Labute approximate surface area is 106 Å². The van der Waals surface area contributed by atoms with E-state index in [2.05, 4.69) is 31.0 Å². The summed E-state index contributed by atoms with van der Waals surface area (Å²) in [5.74, 6) is -0.883. The van der Waals surface area contributed by atoms with Gasteiger partial charge in [-0.15, -0.1) is 0 Å². The molecule has 4 nitrogen and oxygen atoms in total. The first-order valence-electron chi connectivity index (χ1n) is 5.81. The van der Waals surface area contributed by atoms with Gasteiger partial charge >= 0.3 is 5.97 Å². The van der Waals surface area contributed by atoms with Crippen molar-refractivity contribution < 1.29 is 9.90 Å². The Bertz CT molecular complexity index is 639. The zero-order chi connectivity index (χ0) is 13.3. The number of nitrogens with zero attached hydrogens (tertiary/aromatic N) is 2. The molecule has 4 heteroatoms. The molecule has 0 spiro atoms. The number of benzene rings is 1. The van der Waals surface area contributed by atoms with Gasteiger partial charge in [-0.25, -0.2) is 9.78 Å². The van der Waals surface area contributed by atoms with Crippen LogP contribution in [0.15, 0.2) is 30.1 Å². The van der Waals surface area contributed by atoms with Gasteiger partial charge in [0.1, 0.15) is 0 Å². The van der Waals surface area contributed by atoms with E-state index < -0.39 is 5.97 Å². The molecular formula is C14H16N2O2. The summed E-state index contributed by atoms with van der Waals surface area (Å²) in [5.41, 5.74) is 4.75. The smallest absolute Gasteiger partial charge is 0.331 e. The van der Waals surface area contributed by atoms with E-state index in [1.54, 1.807) is 19.3 Å². The Morgan fingerprint density at radius 3 is 2.72 bits per heavy atom. The zero-order valence-electron chi connectivity index (χ0n) is 10.8. The van der Waals surface area contributed by atoms with Gasteiger partial charge in [-0.1, -0.05) is 6.08 Å². The SMILES string of the molecule is CC(=CCn1cnc2cc(C)c(C)cc21)C(=O)O. The fourth-order valence-corrected chi connectivity index (χ4v) is 1.78. The second-order valence-corrected chi connectivity index (χ2v) is 4.51. The van der Waals surface area contributed by atoms with Crippen molar-refractivity contribution in [2.24, 2.45) is 0 Å². The minimum Gasteiger partial charge on any atom is -0.478 e. The maximum Gasteiger partial charge on any atom is 0.331 e. The minimum absolute atomic E-state index is 0.348. The second-order valence-electron chi connectivity index (χ2n) is 4.51. The van der Waals surface area contributed by atoms with E-state index in [4.69, 9.17) is 5.11 Å². The molecule has 0 aliphatic carbocycles. The van der Waals surface area contributed by atoms with E-state index in [1.165, 1.54) is 11.1 Å². The first-order valence-corrected chi connectivity index (χ1v) is 5.81. The van der Waals surface area contributed by atoms with Crippen LogP contribution in [-0.4, -0.2) is 20.6 Å². The standard InChI is InChI=1S/C14H16N2O2/c1-9(14(17)18)4-5-16-8-15-12-6-10(2)11(3)7-13(12)16/h4,6-8H,5H2,1-3H3,(H,17,18). The lowest BCUT2D eigenvalue weighted by molar-refractivity contribution is -0.132. The van der Waals surface area contributed by atoms with Gasteiger partial charge in [0.05, 0.1) is 17.4 Å². The summed E-state index contributed by atoms with van der Waals surface area (Å²) in [7, 11) is 0. The number of carboxylic acid groups (broad SMARTS) is 1. The van der Waals surface area contributed by atoms with Crippen LogP contribution in [0.2, 0.25) is 0 Å². The zero-order valence-corrected chi connectivity index (χ0v) is 10.8. The molecule has 18 heavy (non-hydrogen) atoms. The number of hydrogen-bond acceptors (Lipinski definition) is 2. The first-order chi connectivity index (χ1) is 8.49. The Morgan fingerprint density at radius 2 is 2.06 bits per heavy atom. The Balaban J connectivity index is 2.38. The quantitative estimate of drug-likeness (QED) is 0.844. The predicted molar refractivity (Wildman–Crippen MR) is 70.6 cm³/mol. The average Bonchev–Trinajstić information content (AvgIpc) is 2.69. The van der Waals surface area contributed by atoms with Crippen LogP contribution in [0.3, 0.4) is 0 Å². The van der Waals surface area contributed by atoms with Gasteiger partial charge in [0.15, 0.2) is 0 Å². The monoisotopic (exact) mass is 244 g/mol. The number of hydrogen-bond donors (Lipinski definition) is 1. The van der Waals surface area contributed by atoms with Crippen molar-refractivity contribution in [3.8, 4) is 0 Å². The molecule has 0 bridgehead atoms. The highest BCUT2D eigenvalue weighted by Crippen LogP contribution is 2.18. The third-order valence-electron chi connectivity index (χ3n) is 3.17. The van der Waals surface area contributed by atoms with Gasteiger partial charge in [0.2, 0.25) is 0 Å². The molecular weight excluding hydrogens is 228 g/mol. The number of carboxylic acids is 1. The summed E-state index contributed by atoms with van der Waals surface area (Å²) in [6.07, 6.45) is 3.44. The molecule has 1 aromatic carbocycles. The van der Waals surface area contributed by atoms with Crippen LogP contribution in [0.1, 0.15) is 18.1 Å². The minimum atomic E-state index is -0.883. The van der Waals surface area contributed by atoms with Crippen molar-refractivity contribution in [1.82, 2.24) is 9.55 Å². The fraction of sp³-hybridized carbons (Fsp3) is 0.286. The van der Waals surface area contributed by atoms with E-state index in [0.29, 0.717) is 12.1 Å². The predicted octanol–water partition coefficient (Wildman–Crippen LogP) is 2.68. The molecule has 1 heterocycles. The van der Waals surface area contributed by atoms with E-state index in [1.807, 2.05) is 4.57 Å². The molecule has 94 valence electrons. The lowest BCUT2D eigenvalue weighted by Crippen LogP contribution is -2.00. The van der Waals surface area contributed by atoms with E-state index >= 15 is 0 Å². The largest absolute Gasteiger partial charge is 0.478 e. The van der Waals surface area contributed by atoms with Gasteiger partial charge in [-0.3, -0.25) is 0 Å². The Morgan fingerprint density at radius 1 is 1.39 bits per heavy atom. The number of aliphatic carboxylic acids is 1. The molecule has 0 aliphatic rings. The topological polar surface area (TPSA) is 55.1 Å². The highest BCUT2D eigenvalue weighted by molar-refractivity contribution is 5.85. The van der Waals surface area contributed by atoms with E-state index in [9.17, 15) is 4.79 Å². The molecule has 0 saturated heterocycles. The van der Waals surface area contributed by atoms with E-state index in [0.717, 1.165) is 11.0 Å². The molecule has 1 N–H and O–H groups in total. The van der Waals surface area contributed by atoms with Crippen LogP contribution in [-0.2, 0) is 11.3 Å². The van der Waals surface area contributed by atoms with Crippen LogP contribution in [0.25, 0.3) is 11.0 Å². The molecule has 0 atom stereocenters. The van der Waals surface area contributed by atoms with Crippen molar-refractivity contribution in [1.29, 1.82) is 0 Å². The third-order valence-corrected chi connectivity index (χ3v) is 3.17. The molecule has 1 aromatic heterocycles. The number of fused-ring (bicyclic) bond motifs is 1. The number of aromatic nitrogens is 2. The van der Waals surface area contributed by atoms with Gasteiger partial charge < -0.3 is 9.67 Å². The van der Waals surface area contributed by atoms with Crippen molar-refractivity contribution in [2.75, 3.05) is 0 Å². The summed E-state index contributed by atoms with van der Waals surface area (Å²) in [5, 5.41) is 8.81. The lowest BCUT2D eigenvalue weighted by atomic mass is 10.1. The first kappa shape index (κ1) is 12.4. The van der Waals surface area contributed by atoms with Crippen LogP contribution < -0.4 is 0 Å². The molecule has 0 aliphatic heterocycles. The third kappa shape index (κ3) is 2.27. The molecule has 2 rings (SSSR count). The van der Waals surface area contributed by atoms with Gasteiger partial charge in [0.25, 0.3) is 0 Å². The number of carbonyl (C=O) groups is 1. The van der Waals surface area contributed by atoms with Crippen molar-refractivity contribution in [2.45, 2.75) is 27.3 Å². The summed E-state index contributed by atoms with van der Waals surface area (Å²) in [4.78, 5) is 15.1. The van der Waals surface area contributed by atoms with Crippen molar-refractivity contribution >= 4 is 17.0 Å². The maximum atomic E-state index is 10.7. The lowest BCUT2D eigenvalue weighted by Gasteiger charge is -2.03. The number of allylic oxidation sites excluding steroid dienone is 1. The second kappa shape index (κ2) is 4.64. The summed E-state index contributed by atoms with van der Waals surface area (Å²) in [6.45, 7) is 6.24. The number of aryl methyl sites for hydroxylation is 2. The molecule has 0 unspecified atom stereocenters. The summed E-state index contributed by atoms with van der Waals surface area (Å²) >= 11 is 0. The van der Waals surface area contributed by atoms with Crippen molar-refractivity contribution in [3.63, 3.8) is 0 Å². The van der Waals surface area contributed by atoms with Crippen LogP contribution in [0.4, 0.5) is 0 Å². The molecule has 2 aromatic rings. The highest BCUT2D eigenvalue weighted by atomic mass is 16.4. The van der Waals surface area contributed by atoms with E-state index in [-0.39, 0.29) is 0 Å². The molecule has 0 radical (unpaired) electrons. The van der Waals surface area contributed by atoms with Gasteiger partial charge in [-0.2, -0.15) is 0 Å². The number of imidazole rings is 1. The van der Waals surface area contributed by atoms with Gasteiger partial charge in [0, 0.05) is 12.1 Å². The highest BCUT2D eigenvalue weighted by Gasteiger charge is 2.05. The Kier molecular flexibility index (Phi) is 3.19. The molecule has 0 saturated carbocycles. The molecule has 0 amide bonds. The van der Waals surface area contributed by atoms with Crippen LogP contribution in [0.5, 0.6) is 0 Å². The number of rotatable bonds is 3. The Hall–Kier alpha value is -2.10. The fourth-order valence-electron chi connectivity index (χ4n) is 1.78. The van der Waals surface area contributed by atoms with Crippen molar-refractivity contribution in [3.05, 3.63) is 41.2 Å². The summed E-state index contributed by atoms with van der Waals surface area (Å²) < 4.78 is 1.95. The van der Waals surface area contributed by atoms with Gasteiger partial charge in [-0.05, 0) is 44.0 Å². The normalized spacial score (nSPS) is 12.1. The summed E-state index contributed by atoms with van der Waals surface area (Å²) in [6, 6.07) is 4.14. The van der Waals surface area contributed by atoms with Crippen LogP contribution in [0, 0.1) is 13.8 Å². The molecule has 0 fully saturated rings.